The number of rotatable bonds is 3. The Hall–Kier alpha value is -2.37. The Morgan fingerprint density at radius 1 is 1.00 bits per heavy atom. The largest absolute Gasteiger partial charge is 0.358 e. The number of fused-ring (bicyclic) bond motifs is 1. The zero-order valence-corrected chi connectivity index (χ0v) is 18.3. The molecule has 0 bridgehead atoms. The summed E-state index contributed by atoms with van der Waals surface area (Å²) in [5.74, 6) is 0. The van der Waals surface area contributed by atoms with E-state index in [4.69, 9.17) is 0 Å². The Bertz CT molecular complexity index is 1140. The van der Waals surface area contributed by atoms with Crippen molar-refractivity contribution in [1.82, 2.24) is 4.90 Å². The number of halogens is 1. The number of piperidine rings is 1. The monoisotopic (exact) mass is 461 g/mol. The molecule has 1 aliphatic carbocycles. The van der Waals surface area contributed by atoms with Crippen LogP contribution in [0.3, 0.4) is 0 Å². The van der Waals surface area contributed by atoms with Gasteiger partial charge in [-0.3, -0.25) is 9.69 Å². The molecule has 30 heavy (non-hydrogen) atoms. The molecule has 2 unspecified atom stereocenters. The van der Waals surface area contributed by atoms with E-state index in [0.717, 1.165) is 50.0 Å². The van der Waals surface area contributed by atoms with Crippen LogP contribution in [0.2, 0.25) is 0 Å². The summed E-state index contributed by atoms with van der Waals surface area (Å²) in [6.45, 7) is 2.11. The van der Waals surface area contributed by atoms with E-state index < -0.39 is 0 Å². The van der Waals surface area contributed by atoms with Gasteiger partial charge in [0.25, 0.3) is 0 Å². The average molecular weight is 462 g/mol. The normalized spacial score (nSPS) is 23.6. The molecule has 3 aliphatic rings. The van der Waals surface area contributed by atoms with Gasteiger partial charge in [-0.2, -0.15) is 0 Å². The molecule has 4 nitrogen and oxygen atoms in total. The molecule has 5 heteroatoms. The van der Waals surface area contributed by atoms with Crippen molar-refractivity contribution in [3.8, 4) is 0 Å². The summed E-state index contributed by atoms with van der Waals surface area (Å²) in [6.07, 6.45) is 4.01. The molecule has 152 valence electrons. The summed E-state index contributed by atoms with van der Waals surface area (Å²) in [6, 6.07) is 20.3. The van der Waals surface area contributed by atoms with Gasteiger partial charge in [-0.1, -0.05) is 52.3 Å². The van der Waals surface area contributed by atoms with Crippen molar-refractivity contribution in [2.75, 3.05) is 23.3 Å². The first kappa shape index (κ1) is 18.4. The highest BCUT2D eigenvalue weighted by Crippen LogP contribution is 2.44. The molecule has 1 saturated heterocycles. The van der Waals surface area contributed by atoms with Crippen molar-refractivity contribution in [3.05, 3.63) is 70.2 Å². The van der Waals surface area contributed by atoms with Crippen molar-refractivity contribution in [3.63, 3.8) is 0 Å². The maximum absolute atomic E-state index is 11.7. The molecule has 2 atom stereocenters. The maximum atomic E-state index is 11.7. The molecule has 0 amide bonds. The molecule has 1 N–H and O–H groups in total. The molecule has 0 saturated carbocycles. The number of anilines is 2. The number of para-hydroxylation sites is 2. The lowest BCUT2D eigenvalue weighted by atomic mass is 9.98. The summed E-state index contributed by atoms with van der Waals surface area (Å²) in [5, 5.41) is 6.15. The molecule has 3 aromatic rings. The fourth-order valence-corrected chi connectivity index (χ4v) is 6.26. The Balaban J connectivity index is 1.24. The third-order valence-corrected chi connectivity index (χ3v) is 7.88. The summed E-state index contributed by atoms with van der Waals surface area (Å²) in [5.41, 5.74) is 5.16. The minimum atomic E-state index is -0.251. The number of carbonyl (C=O) groups is 1. The van der Waals surface area contributed by atoms with Crippen LogP contribution in [0.1, 0.15) is 30.0 Å². The minimum absolute atomic E-state index is 0.251. The second kappa shape index (κ2) is 7.10. The molecule has 0 aromatic heterocycles. The van der Waals surface area contributed by atoms with E-state index in [0.29, 0.717) is 12.1 Å². The van der Waals surface area contributed by atoms with Crippen LogP contribution in [-0.2, 0) is 11.2 Å². The summed E-state index contributed by atoms with van der Waals surface area (Å²) in [4.78, 5) is 16.7. The number of hydrogen-bond acceptors (Lipinski definition) is 4. The Morgan fingerprint density at radius 2 is 1.83 bits per heavy atom. The Kier molecular flexibility index (Phi) is 4.36. The summed E-state index contributed by atoms with van der Waals surface area (Å²) < 4.78 is 1.23. The SMILES string of the molecule is O=CC1Nc2ccccc2N1C1CCN(C2Cc3c(Br)ccc4cccc2c34)CC1. The van der Waals surface area contributed by atoms with Crippen LogP contribution in [0.5, 0.6) is 0 Å². The number of aldehydes is 1. The van der Waals surface area contributed by atoms with Crippen LogP contribution >= 0.6 is 15.9 Å². The standard InChI is InChI=1S/C25H24BrN3O/c26-20-9-8-16-4-3-5-18-23(14-19(20)25(16)18)28-12-10-17(11-13-28)29-22-7-2-1-6-21(22)27-24(29)15-30/h1-9,15,17,23-24,27H,10-14H2. The molecular formula is C25H24BrN3O. The first-order chi connectivity index (χ1) is 14.7. The molecule has 2 heterocycles. The van der Waals surface area contributed by atoms with Crippen LogP contribution in [0.4, 0.5) is 11.4 Å². The van der Waals surface area contributed by atoms with Crippen LogP contribution in [-0.4, -0.2) is 36.5 Å². The fraction of sp³-hybridized carbons (Fsp3) is 0.320. The predicted octanol–water partition coefficient (Wildman–Crippen LogP) is 5.12. The number of likely N-dealkylation sites (tertiary alicyclic amines) is 1. The predicted molar refractivity (Wildman–Crippen MR) is 125 cm³/mol. The number of nitrogens with zero attached hydrogens (tertiary/aromatic N) is 2. The molecule has 3 aromatic carbocycles. The van der Waals surface area contributed by atoms with E-state index in [1.165, 1.54) is 26.4 Å². The third-order valence-electron chi connectivity index (χ3n) is 7.13. The Morgan fingerprint density at radius 3 is 2.67 bits per heavy atom. The minimum Gasteiger partial charge on any atom is -0.358 e. The zero-order chi connectivity index (χ0) is 20.2. The van der Waals surface area contributed by atoms with Gasteiger partial charge in [0.05, 0.1) is 11.4 Å². The van der Waals surface area contributed by atoms with Crippen molar-refractivity contribution < 1.29 is 4.79 Å². The third kappa shape index (κ3) is 2.72. The summed E-state index contributed by atoms with van der Waals surface area (Å²) in [7, 11) is 0. The van der Waals surface area contributed by atoms with E-state index in [1.54, 1.807) is 0 Å². The average Bonchev–Trinajstić information content (AvgIpc) is 3.36. The first-order valence-corrected chi connectivity index (χ1v) is 11.6. The highest BCUT2D eigenvalue weighted by molar-refractivity contribution is 9.10. The van der Waals surface area contributed by atoms with Crippen molar-refractivity contribution in [2.24, 2.45) is 0 Å². The van der Waals surface area contributed by atoms with Gasteiger partial charge >= 0.3 is 0 Å². The van der Waals surface area contributed by atoms with Gasteiger partial charge in [0.15, 0.2) is 12.5 Å². The topological polar surface area (TPSA) is 35.6 Å². The Labute approximate surface area is 185 Å². The van der Waals surface area contributed by atoms with Crippen molar-refractivity contribution in [1.29, 1.82) is 0 Å². The van der Waals surface area contributed by atoms with Crippen molar-refractivity contribution >= 4 is 44.4 Å². The smallest absolute Gasteiger partial charge is 0.162 e. The fourth-order valence-electron chi connectivity index (χ4n) is 5.76. The van der Waals surface area contributed by atoms with E-state index in [9.17, 15) is 4.79 Å². The number of nitrogens with one attached hydrogen (secondary N) is 1. The van der Waals surface area contributed by atoms with Crippen LogP contribution < -0.4 is 10.2 Å². The van der Waals surface area contributed by atoms with E-state index in [1.807, 2.05) is 6.07 Å². The van der Waals surface area contributed by atoms with Gasteiger partial charge in [-0.05, 0) is 59.4 Å². The van der Waals surface area contributed by atoms with Crippen LogP contribution in [0.25, 0.3) is 10.8 Å². The lowest BCUT2D eigenvalue weighted by Crippen LogP contribution is -2.50. The van der Waals surface area contributed by atoms with Gasteiger partial charge in [0, 0.05) is 29.6 Å². The molecule has 1 fully saturated rings. The van der Waals surface area contributed by atoms with E-state index in [2.05, 4.69) is 79.6 Å². The zero-order valence-electron chi connectivity index (χ0n) is 16.7. The molecule has 2 aliphatic heterocycles. The molecule has 0 spiro atoms. The molecular weight excluding hydrogens is 438 g/mol. The summed E-state index contributed by atoms with van der Waals surface area (Å²) >= 11 is 3.78. The van der Waals surface area contributed by atoms with Gasteiger partial charge in [0.2, 0.25) is 0 Å². The van der Waals surface area contributed by atoms with Gasteiger partial charge < -0.3 is 10.2 Å². The van der Waals surface area contributed by atoms with Gasteiger partial charge in [-0.15, -0.1) is 0 Å². The van der Waals surface area contributed by atoms with Gasteiger partial charge in [0.1, 0.15) is 0 Å². The molecule has 6 rings (SSSR count). The van der Waals surface area contributed by atoms with E-state index in [-0.39, 0.29) is 6.17 Å². The lowest BCUT2D eigenvalue weighted by molar-refractivity contribution is -0.108. The second-order valence-electron chi connectivity index (χ2n) is 8.61. The van der Waals surface area contributed by atoms with Crippen molar-refractivity contribution in [2.45, 2.75) is 37.5 Å². The van der Waals surface area contributed by atoms with E-state index >= 15 is 0 Å². The maximum Gasteiger partial charge on any atom is 0.162 e. The highest BCUT2D eigenvalue weighted by Gasteiger charge is 2.38. The second-order valence-corrected chi connectivity index (χ2v) is 9.46. The number of hydrogen-bond donors (Lipinski definition) is 1. The highest BCUT2D eigenvalue weighted by atomic mass is 79.9. The number of benzene rings is 3. The van der Waals surface area contributed by atoms with Gasteiger partial charge in [-0.25, -0.2) is 0 Å². The van der Waals surface area contributed by atoms with Crippen LogP contribution in [0.15, 0.2) is 59.1 Å². The molecule has 0 radical (unpaired) electrons. The lowest BCUT2D eigenvalue weighted by Gasteiger charge is -2.41. The van der Waals surface area contributed by atoms with Crippen LogP contribution in [0, 0.1) is 0 Å². The first-order valence-electron chi connectivity index (χ1n) is 10.8. The number of carbonyl (C=O) groups excluding carboxylic acids is 1. The quantitative estimate of drug-likeness (QED) is 0.548.